The summed E-state index contributed by atoms with van der Waals surface area (Å²) < 4.78 is 5.92. The number of hydrogen-bond donors (Lipinski definition) is 1. The van der Waals surface area contributed by atoms with Crippen molar-refractivity contribution in [3.63, 3.8) is 0 Å². The molecule has 6 nitrogen and oxygen atoms in total. The third-order valence-corrected chi connectivity index (χ3v) is 3.92. The second-order valence-corrected chi connectivity index (χ2v) is 4.85. The van der Waals surface area contributed by atoms with Crippen LogP contribution in [0.2, 0.25) is 5.15 Å². The topological polar surface area (TPSA) is 67.3 Å². The number of carbonyl (C=O) groups is 1. The number of halogens is 2. The fraction of sp³-hybridized carbons (Fsp3) is 0.500. The number of aromatic nitrogens is 2. The summed E-state index contributed by atoms with van der Waals surface area (Å²) in [6.45, 7) is 1.44. The van der Waals surface area contributed by atoms with Crippen molar-refractivity contribution in [1.82, 2.24) is 15.3 Å². The zero-order valence-corrected chi connectivity index (χ0v) is 12.0. The van der Waals surface area contributed by atoms with Crippen molar-refractivity contribution in [2.75, 3.05) is 31.7 Å². The number of anilines is 1. The Morgan fingerprint density at radius 2 is 2.44 bits per heavy atom. The van der Waals surface area contributed by atoms with Gasteiger partial charge in [-0.2, -0.15) is 0 Å². The predicted octanol–water partition coefficient (Wildman–Crippen LogP) is 0.844. The second kappa shape index (κ2) is 5.81. The normalized spacial score (nSPS) is 19.7. The van der Waals surface area contributed by atoms with Gasteiger partial charge in [-0.25, -0.2) is 9.97 Å². The van der Waals surface area contributed by atoms with E-state index in [0.29, 0.717) is 35.2 Å². The molecule has 1 fully saturated rings. The summed E-state index contributed by atoms with van der Waals surface area (Å²) in [4.78, 5) is 21.7. The third-order valence-electron chi connectivity index (χ3n) is 2.68. The number of nitrogens with zero attached hydrogens (tertiary/aromatic N) is 3. The van der Waals surface area contributed by atoms with Crippen LogP contribution < -0.4 is 10.2 Å². The Morgan fingerprint density at radius 1 is 1.67 bits per heavy atom. The summed E-state index contributed by atoms with van der Waals surface area (Å²) in [6.07, 6.45) is 1.37. The Bertz CT molecular complexity index is 460. The van der Waals surface area contributed by atoms with Crippen LogP contribution in [0.5, 0.6) is 0 Å². The van der Waals surface area contributed by atoms with E-state index in [1.54, 1.807) is 7.05 Å². The Kier molecular flexibility index (Phi) is 4.36. The van der Waals surface area contributed by atoms with Crippen LogP contribution >= 0.6 is 27.5 Å². The van der Waals surface area contributed by atoms with Gasteiger partial charge in [-0.05, 0) is 15.9 Å². The minimum atomic E-state index is -0.411. The van der Waals surface area contributed by atoms with E-state index in [-0.39, 0.29) is 5.91 Å². The molecule has 8 heteroatoms. The third kappa shape index (κ3) is 2.57. The number of carbonyl (C=O) groups excluding carboxylic acids is 1. The molecule has 1 aliphatic rings. The van der Waals surface area contributed by atoms with Crippen molar-refractivity contribution < 1.29 is 9.53 Å². The number of ether oxygens (including phenoxy) is 1. The minimum Gasteiger partial charge on any atom is -0.377 e. The fourth-order valence-corrected chi connectivity index (χ4v) is 2.34. The number of rotatable bonds is 2. The smallest absolute Gasteiger partial charge is 0.244 e. The van der Waals surface area contributed by atoms with Crippen molar-refractivity contribution in [3.8, 4) is 0 Å². The van der Waals surface area contributed by atoms with Gasteiger partial charge in [0.1, 0.15) is 23.3 Å². The first kappa shape index (κ1) is 13.5. The zero-order valence-electron chi connectivity index (χ0n) is 9.69. The highest BCUT2D eigenvalue weighted by atomic mass is 79.9. The molecule has 0 spiro atoms. The van der Waals surface area contributed by atoms with Gasteiger partial charge in [0.05, 0.1) is 17.7 Å². The van der Waals surface area contributed by atoms with Gasteiger partial charge >= 0.3 is 0 Å². The van der Waals surface area contributed by atoms with E-state index in [2.05, 4.69) is 31.2 Å². The molecule has 1 saturated heterocycles. The maximum Gasteiger partial charge on any atom is 0.244 e. The predicted molar refractivity (Wildman–Crippen MR) is 70.8 cm³/mol. The lowest BCUT2D eigenvalue weighted by atomic mass is 10.2. The highest BCUT2D eigenvalue weighted by molar-refractivity contribution is 9.10. The first-order valence-electron chi connectivity index (χ1n) is 5.37. The van der Waals surface area contributed by atoms with Crippen molar-refractivity contribution in [2.45, 2.75) is 6.04 Å². The fourth-order valence-electron chi connectivity index (χ4n) is 1.78. The molecule has 1 aliphatic heterocycles. The first-order valence-corrected chi connectivity index (χ1v) is 6.54. The quantitative estimate of drug-likeness (QED) is 0.812. The molecule has 0 saturated carbocycles. The van der Waals surface area contributed by atoms with Crippen LogP contribution in [-0.2, 0) is 9.53 Å². The molecule has 0 bridgehead atoms. The van der Waals surface area contributed by atoms with Gasteiger partial charge in [0.2, 0.25) is 5.91 Å². The SMILES string of the molecule is CNC(=O)C1COCCN1c1ncnc(Cl)c1Br. The Balaban J connectivity index is 2.34. The van der Waals surface area contributed by atoms with E-state index in [0.717, 1.165) is 0 Å². The number of morpholine rings is 1. The summed E-state index contributed by atoms with van der Waals surface area (Å²) in [5.74, 6) is 0.489. The van der Waals surface area contributed by atoms with E-state index < -0.39 is 6.04 Å². The van der Waals surface area contributed by atoms with Crippen molar-refractivity contribution >= 4 is 39.3 Å². The molecule has 1 N–H and O–H groups in total. The molecule has 1 atom stereocenters. The summed E-state index contributed by atoms with van der Waals surface area (Å²) in [6, 6.07) is -0.411. The lowest BCUT2D eigenvalue weighted by molar-refractivity contribution is -0.124. The van der Waals surface area contributed by atoms with Gasteiger partial charge < -0.3 is 15.0 Å². The monoisotopic (exact) mass is 334 g/mol. The van der Waals surface area contributed by atoms with Gasteiger partial charge in [-0.15, -0.1) is 0 Å². The molecule has 0 aliphatic carbocycles. The number of hydrogen-bond acceptors (Lipinski definition) is 5. The summed E-state index contributed by atoms with van der Waals surface area (Å²) in [7, 11) is 1.59. The maximum absolute atomic E-state index is 11.8. The van der Waals surface area contributed by atoms with E-state index >= 15 is 0 Å². The van der Waals surface area contributed by atoms with Gasteiger partial charge in [0.15, 0.2) is 0 Å². The molecule has 0 aromatic carbocycles. The van der Waals surface area contributed by atoms with Crippen LogP contribution in [-0.4, -0.2) is 48.7 Å². The maximum atomic E-state index is 11.8. The summed E-state index contributed by atoms with van der Waals surface area (Å²) in [5.41, 5.74) is 0. The number of amides is 1. The lowest BCUT2D eigenvalue weighted by Crippen LogP contribution is -2.53. The van der Waals surface area contributed by atoms with E-state index in [9.17, 15) is 4.79 Å². The van der Waals surface area contributed by atoms with Crippen LogP contribution in [0, 0.1) is 0 Å². The highest BCUT2D eigenvalue weighted by Gasteiger charge is 2.31. The Hall–Kier alpha value is -0.920. The second-order valence-electron chi connectivity index (χ2n) is 3.70. The molecule has 1 unspecified atom stereocenters. The van der Waals surface area contributed by atoms with Gasteiger partial charge in [0, 0.05) is 13.6 Å². The van der Waals surface area contributed by atoms with Gasteiger partial charge in [-0.3, -0.25) is 4.79 Å². The number of nitrogens with one attached hydrogen (secondary N) is 1. The molecule has 98 valence electrons. The van der Waals surface area contributed by atoms with Crippen LogP contribution in [0.1, 0.15) is 0 Å². The lowest BCUT2D eigenvalue weighted by Gasteiger charge is -2.35. The average molecular weight is 336 g/mol. The Morgan fingerprint density at radius 3 is 3.17 bits per heavy atom. The highest BCUT2D eigenvalue weighted by Crippen LogP contribution is 2.30. The van der Waals surface area contributed by atoms with Crippen LogP contribution in [0.15, 0.2) is 10.8 Å². The molecular weight excluding hydrogens is 323 g/mol. The van der Waals surface area contributed by atoms with E-state index in [1.165, 1.54) is 6.33 Å². The minimum absolute atomic E-state index is 0.115. The Labute approximate surface area is 118 Å². The van der Waals surface area contributed by atoms with Crippen LogP contribution in [0.25, 0.3) is 0 Å². The van der Waals surface area contributed by atoms with Crippen molar-refractivity contribution in [2.24, 2.45) is 0 Å². The standard InChI is InChI=1S/C10H12BrClN4O2/c1-13-10(17)6-4-18-3-2-16(6)9-7(11)8(12)14-5-15-9/h5-6H,2-4H2,1H3,(H,13,17). The van der Waals surface area contributed by atoms with E-state index in [4.69, 9.17) is 16.3 Å². The molecule has 0 radical (unpaired) electrons. The largest absolute Gasteiger partial charge is 0.377 e. The van der Waals surface area contributed by atoms with Gasteiger partial charge in [-0.1, -0.05) is 11.6 Å². The zero-order chi connectivity index (χ0) is 13.1. The number of likely N-dealkylation sites (N-methyl/N-ethyl adjacent to an activating group) is 1. The molecule has 2 rings (SSSR count). The molecule has 1 aromatic heterocycles. The van der Waals surface area contributed by atoms with Crippen molar-refractivity contribution in [1.29, 1.82) is 0 Å². The summed E-state index contributed by atoms with van der Waals surface area (Å²) >= 11 is 9.28. The summed E-state index contributed by atoms with van der Waals surface area (Å²) in [5, 5.41) is 2.94. The van der Waals surface area contributed by atoms with Crippen LogP contribution in [0.3, 0.4) is 0 Å². The van der Waals surface area contributed by atoms with Crippen LogP contribution in [0.4, 0.5) is 5.82 Å². The molecule has 1 amide bonds. The van der Waals surface area contributed by atoms with Gasteiger partial charge in [0.25, 0.3) is 0 Å². The molecule has 1 aromatic rings. The molecule has 2 heterocycles. The average Bonchev–Trinajstić information content (AvgIpc) is 2.41. The van der Waals surface area contributed by atoms with Crippen molar-refractivity contribution in [3.05, 3.63) is 16.0 Å². The molecule has 18 heavy (non-hydrogen) atoms. The first-order chi connectivity index (χ1) is 8.65. The van der Waals surface area contributed by atoms with E-state index in [1.807, 2.05) is 4.90 Å². The molecular formula is C10H12BrClN4O2.